The number of aliphatic hydroxyl groups excluding tert-OH is 8. The summed E-state index contributed by atoms with van der Waals surface area (Å²) in [6, 6.07) is -0.830. The third-order valence-corrected chi connectivity index (χ3v) is 18.8. The molecule has 2 heterocycles. The monoisotopic (exact) mass is 1290 g/mol. The Morgan fingerprint density at radius 3 is 1.16 bits per heavy atom. The molecule has 0 aromatic rings. The summed E-state index contributed by atoms with van der Waals surface area (Å²) in [4.78, 5) is 13.4. The predicted molar refractivity (Wildman–Crippen MR) is 374 cm³/mol. The van der Waals surface area contributed by atoms with E-state index in [2.05, 4.69) is 67.8 Å². The number of unbranched alkanes of at least 4 members (excludes halogenated alkanes) is 43. The van der Waals surface area contributed by atoms with Crippen molar-refractivity contribution in [3.05, 3.63) is 48.6 Å². The Morgan fingerprint density at radius 1 is 0.407 bits per heavy atom. The summed E-state index contributed by atoms with van der Waals surface area (Å²) in [6.07, 6.45) is 64.2. The van der Waals surface area contributed by atoms with Crippen LogP contribution in [0.2, 0.25) is 0 Å². The van der Waals surface area contributed by atoms with Gasteiger partial charge in [-0.25, -0.2) is 0 Å². The van der Waals surface area contributed by atoms with Crippen LogP contribution < -0.4 is 5.32 Å². The zero-order valence-corrected chi connectivity index (χ0v) is 58.3. The van der Waals surface area contributed by atoms with Gasteiger partial charge in [0.15, 0.2) is 12.6 Å². The van der Waals surface area contributed by atoms with Crippen LogP contribution in [0.1, 0.15) is 341 Å². The minimum absolute atomic E-state index is 0.201. The van der Waals surface area contributed by atoms with Gasteiger partial charge in [-0.1, -0.05) is 332 Å². The second kappa shape index (κ2) is 61.5. The summed E-state index contributed by atoms with van der Waals surface area (Å²) in [6.45, 7) is 2.81. The number of allylic oxidation sites excluding steroid dienone is 8. The van der Waals surface area contributed by atoms with Crippen LogP contribution in [0, 0.1) is 0 Å². The maximum Gasteiger partial charge on any atom is 0.220 e. The van der Waals surface area contributed by atoms with Crippen LogP contribution in [0.3, 0.4) is 0 Å². The highest BCUT2D eigenvalue weighted by atomic mass is 16.7. The van der Waals surface area contributed by atoms with E-state index in [-0.39, 0.29) is 12.5 Å². The Balaban J connectivity index is 1.62. The lowest BCUT2D eigenvalue weighted by molar-refractivity contribution is -0.359. The number of hydrogen-bond acceptors (Lipinski definition) is 13. The molecule has 0 aromatic heterocycles. The van der Waals surface area contributed by atoms with E-state index in [4.69, 9.17) is 18.9 Å². The van der Waals surface area contributed by atoms with Gasteiger partial charge in [0.2, 0.25) is 5.91 Å². The number of amides is 1. The molecule has 2 fully saturated rings. The largest absolute Gasteiger partial charge is 0.394 e. The Bertz CT molecular complexity index is 1710. The summed E-state index contributed by atoms with van der Waals surface area (Å²) < 4.78 is 23.0. The quantitative estimate of drug-likeness (QED) is 0.0204. The lowest BCUT2D eigenvalue weighted by Crippen LogP contribution is -2.65. The summed E-state index contributed by atoms with van der Waals surface area (Å²) in [5.41, 5.74) is 0. The van der Waals surface area contributed by atoms with Crippen molar-refractivity contribution in [2.24, 2.45) is 0 Å². The first-order valence-electron chi connectivity index (χ1n) is 38.4. The molecule has 2 rings (SSSR count). The fourth-order valence-electron chi connectivity index (χ4n) is 12.8. The molecule has 14 heteroatoms. The van der Waals surface area contributed by atoms with Crippen molar-refractivity contribution in [1.82, 2.24) is 5.32 Å². The van der Waals surface area contributed by atoms with E-state index >= 15 is 0 Å². The van der Waals surface area contributed by atoms with Gasteiger partial charge in [0.05, 0.1) is 32.0 Å². The van der Waals surface area contributed by atoms with Crippen molar-refractivity contribution >= 4 is 5.91 Å². The molecule has 91 heavy (non-hydrogen) atoms. The number of carbonyl (C=O) groups excluding carboxylic acids is 1. The molecule has 534 valence electrons. The molecular formula is C77H143NO13. The SMILES string of the molecule is CC/C=C\C/C=C\C/C=C\C/C=C\CCCCCCCCCCCCCCCCCCCCC(=O)NC(COC1OC(CO)C(OC2OC(CO)C(O)C(O)C2O)C(O)C1O)C(O)CCCCCCCCCCCCCCCCCCCCCCCCCCCC. The molecule has 14 nitrogen and oxygen atoms in total. The van der Waals surface area contributed by atoms with E-state index in [9.17, 15) is 45.6 Å². The molecule has 2 saturated heterocycles. The number of nitrogens with one attached hydrogen (secondary N) is 1. The van der Waals surface area contributed by atoms with Crippen molar-refractivity contribution < 1.29 is 64.6 Å². The Kier molecular flexibility index (Phi) is 57.5. The maximum atomic E-state index is 13.4. The zero-order chi connectivity index (χ0) is 65.9. The first-order valence-corrected chi connectivity index (χ1v) is 38.4. The molecule has 0 aromatic carbocycles. The molecular weight excluding hydrogens is 1150 g/mol. The molecule has 12 atom stereocenters. The summed E-state index contributed by atoms with van der Waals surface area (Å²) >= 11 is 0. The molecule has 12 unspecified atom stereocenters. The summed E-state index contributed by atoms with van der Waals surface area (Å²) in [5, 5.41) is 87.8. The topological polar surface area (TPSA) is 228 Å². The molecule has 2 aliphatic heterocycles. The second-order valence-electron chi connectivity index (χ2n) is 27.1. The zero-order valence-electron chi connectivity index (χ0n) is 58.3. The van der Waals surface area contributed by atoms with Gasteiger partial charge in [0, 0.05) is 6.42 Å². The van der Waals surface area contributed by atoms with E-state index in [1.165, 1.54) is 238 Å². The summed E-state index contributed by atoms with van der Waals surface area (Å²) in [7, 11) is 0. The predicted octanol–water partition coefficient (Wildman–Crippen LogP) is 16.6. The molecule has 0 radical (unpaired) electrons. The minimum Gasteiger partial charge on any atom is -0.394 e. The third kappa shape index (κ3) is 45.2. The van der Waals surface area contributed by atoms with Gasteiger partial charge in [0.1, 0.15) is 48.8 Å². The van der Waals surface area contributed by atoms with E-state index in [0.717, 1.165) is 77.0 Å². The average Bonchev–Trinajstić information content (AvgIpc) is 1.25. The molecule has 0 aliphatic carbocycles. The van der Waals surface area contributed by atoms with Crippen LogP contribution >= 0.6 is 0 Å². The molecule has 0 saturated carbocycles. The first-order chi connectivity index (χ1) is 44.6. The van der Waals surface area contributed by atoms with E-state index in [0.29, 0.717) is 12.8 Å². The normalized spacial score (nSPS) is 23.0. The average molecular weight is 1290 g/mol. The van der Waals surface area contributed by atoms with Gasteiger partial charge in [-0.15, -0.1) is 0 Å². The Hall–Kier alpha value is -2.05. The van der Waals surface area contributed by atoms with Gasteiger partial charge in [-0.2, -0.15) is 0 Å². The molecule has 1 amide bonds. The lowest BCUT2D eigenvalue weighted by Gasteiger charge is -2.46. The van der Waals surface area contributed by atoms with Gasteiger partial charge in [-0.3, -0.25) is 4.79 Å². The van der Waals surface area contributed by atoms with Crippen molar-refractivity contribution in [2.45, 2.75) is 415 Å². The molecule has 0 bridgehead atoms. The van der Waals surface area contributed by atoms with Gasteiger partial charge in [0.25, 0.3) is 0 Å². The highest BCUT2D eigenvalue weighted by Crippen LogP contribution is 2.30. The van der Waals surface area contributed by atoms with Crippen LogP contribution in [0.4, 0.5) is 0 Å². The standard InChI is InChI=1S/C77H143NO13/c1-3-5-7-9-11-13-15-17-19-21-23-25-27-29-31-32-33-34-35-37-39-41-43-45-47-49-51-53-55-57-59-61-69(82)78-65(64-88-76-74(87)72(85)75(68(63-80)90-76)91-77-73(86)71(84)70(83)67(62-79)89-77)66(81)60-58-56-54-52-50-48-46-44-42-40-38-36-30-28-26-24-22-20-18-16-14-12-10-8-6-4-2/h5,7,11,13,17,19,23,25,65-68,70-77,79-81,83-87H,3-4,6,8-10,12,14-16,18,20-22,24,26-64H2,1-2H3,(H,78,82)/b7-5-,13-11-,19-17-,25-23-. The number of ether oxygens (including phenoxy) is 4. The van der Waals surface area contributed by atoms with E-state index in [1.807, 2.05) is 0 Å². The summed E-state index contributed by atoms with van der Waals surface area (Å²) in [5.74, 6) is -0.201. The van der Waals surface area contributed by atoms with Gasteiger partial charge < -0.3 is 65.1 Å². The van der Waals surface area contributed by atoms with Crippen LogP contribution in [0.15, 0.2) is 48.6 Å². The van der Waals surface area contributed by atoms with Crippen LogP contribution in [0.5, 0.6) is 0 Å². The number of aliphatic hydroxyl groups is 8. The lowest BCUT2D eigenvalue weighted by atomic mass is 9.97. The fraction of sp³-hybridized carbons (Fsp3) is 0.883. The fourth-order valence-corrected chi connectivity index (χ4v) is 12.8. The maximum absolute atomic E-state index is 13.4. The molecule has 9 N–H and O–H groups in total. The second-order valence-corrected chi connectivity index (χ2v) is 27.1. The molecule has 2 aliphatic rings. The van der Waals surface area contributed by atoms with Crippen molar-refractivity contribution in [3.63, 3.8) is 0 Å². The van der Waals surface area contributed by atoms with Crippen LogP contribution in [-0.4, -0.2) is 140 Å². The molecule has 0 spiro atoms. The minimum atomic E-state index is -1.78. The van der Waals surface area contributed by atoms with Gasteiger partial charge in [-0.05, 0) is 51.4 Å². The van der Waals surface area contributed by atoms with Crippen molar-refractivity contribution in [1.29, 1.82) is 0 Å². The highest BCUT2D eigenvalue weighted by molar-refractivity contribution is 5.76. The van der Waals surface area contributed by atoms with Crippen LogP contribution in [-0.2, 0) is 23.7 Å². The smallest absolute Gasteiger partial charge is 0.220 e. The Morgan fingerprint density at radius 2 is 0.758 bits per heavy atom. The van der Waals surface area contributed by atoms with E-state index < -0.39 is 86.8 Å². The number of hydrogen-bond donors (Lipinski definition) is 9. The third-order valence-electron chi connectivity index (χ3n) is 18.8. The number of rotatable bonds is 64. The van der Waals surface area contributed by atoms with Gasteiger partial charge >= 0.3 is 0 Å². The van der Waals surface area contributed by atoms with Crippen molar-refractivity contribution in [2.75, 3.05) is 19.8 Å². The number of carbonyl (C=O) groups is 1. The Labute approximate surface area is 556 Å². The first kappa shape index (κ1) is 85.0. The van der Waals surface area contributed by atoms with Crippen molar-refractivity contribution in [3.8, 4) is 0 Å². The highest BCUT2D eigenvalue weighted by Gasteiger charge is 2.51. The van der Waals surface area contributed by atoms with E-state index in [1.54, 1.807) is 0 Å². The van der Waals surface area contributed by atoms with Crippen LogP contribution in [0.25, 0.3) is 0 Å².